The molecule has 0 saturated carbocycles. The number of benzene rings is 1. The van der Waals surface area contributed by atoms with E-state index in [4.69, 9.17) is 10.3 Å². The van der Waals surface area contributed by atoms with Crippen molar-refractivity contribution in [1.29, 1.82) is 0 Å². The molecular formula is C12H13BrN2OS. The Hall–Kier alpha value is -0.940. The average molecular weight is 313 g/mol. The predicted octanol–water partition coefficient (Wildman–Crippen LogP) is 3.93. The molecule has 1 heterocycles. The van der Waals surface area contributed by atoms with Gasteiger partial charge in [-0.25, -0.2) is 0 Å². The van der Waals surface area contributed by atoms with Crippen molar-refractivity contribution >= 4 is 33.4 Å². The lowest BCUT2D eigenvalue weighted by atomic mass is 10.2. The van der Waals surface area contributed by atoms with Crippen LogP contribution in [-0.4, -0.2) is 5.16 Å². The van der Waals surface area contributed by atoms with Crippen LogP contribution >= 0.6 is 27.7 Å². The molecule has 0 aliphatic rings. The molecule has 1 aromatic heterocycles. The van der Waals surface area contributed by atoms with Gasteiger partial charge in [-0.2, -0.15) is 0 Å². The molecular weight excluding hydrogens is 300 g/mol. The standard InChI is InChI=1S/C12H13BrN2OS/c1-7-10(8(2)16-15-7)6-17-12-4-3-9(13)5-11(12)14/h3-5H,6,14H2,1-2H3. The number of aromatic nitrogens is 1. The van der Waals surface area contributed by atoms with Gasteiger partial charge in [-0.05, 0) is 32.0 Å². The second-order valence-electron chi connectivity index (χ2n) is 3.77. The van der Waals surface area contributed by atoms with Crippen molar-refractivity contribution in [2.45, 2.75) is 24.5 Å². The highest BCUT2D eigenvalue weighted by Crippen LogP contribution is 2.31. The van der Waals surface area contributed by atoms with Crippen LogP contribution in [0.15, 0.2) is 32.1 Å². The van der Waals surface area contributed by atoms with E-state index in [1.165, 1.54) is 0 Å². The van der Waals surface area contributed by atoms with Crippen LogP contribution in [0.5, 0.6) is 0 Å². The van der Waals surface area contributed by atoms with Crippen LogP contribution in [0.3, 0.4) is 0 Å². The minimum atomic E-state index is 0.788. The first kappa shape index (κ1) is 12.5. The van der Waals surface area contributed by atoms with Crippen LogP contribution in [0.4, 0.5) is 5.69 Å². The molecule has 0 bridgehead atoms. The highest BCUT2D eigenvalue weighted by Gasteiger charge is 2.10. The lowest BCUT2D eigenvalue weighted by Crippen LogP contribution is -1.90. The minimum absolute atomic E-state index is 0.788. The Labute approximate surface area is 113 Å². The molecule has 0 fully saturated rings. The highest BCUT2D eigenvalue weighted by molar-refractivity contribution is 9.10. The molecule has 2 aromatic rings. The zero-order valence-corrected chi connectivity index (χ0v) is 12.1. The summed E-state index contributed by atoms with van der Waals surface area (Å²) >= 11 is 5.09. The topological polar surface area (TPSA) is 52.0 Å². The van der Waals surface area contributed by atoms with E-state index in [1.54, 1.807) is 11.8 Å². The molecule has 5 heteroatoms. The Bertz CT molecular complexity index is 520. The van der Waals surface area contributed by atoms with Gasteiger partial charge in [0, 0.05) is 26.4 Å². The third kappa shape index (κ3) is 2.84. The van der Waals surface area contributed by atoms with Crippen molar-refractivity contribution in [3.05, 3.63) is 39.7 Å². The van der Waals surface area contributed by atoms with Crippen molar-refractivity contribution in [3.63, 3.8) is 0 Å². The summed E-state index contributed by atoms with van der Waals surface area (Å²) in [6.45, 7) is 3.89. The first-order chi connectivity index (χ1) is 8.08. The summed E-state index contributed by atoms with van der Waals surface area (Å²) in [5, 5.41) is 3.94. The Morgan fingerprint density at radius 3 is 2.76 bits per heavy atom. The van der Waals surface area contributed by atoms with Gasteiger partial charge in [0.15, 0.2) is 0 Å². The number of halogens is 1. The normalized spacial score (nSPS) is 10.8. The van der Waals surface area contributed by atoms with Crippen molar-refractivity contribution < 1.29 is 4.52 Å². The molecule has 0 saturated heterocycles. The molecule has 0 atom stereocenters. The summed E-state index contributed by atoms with van der Waals surface area (Å²) in [4.78, 5) is 1.08. The molecule has 90 valence electrons. The second-order valence-corrected chi connectivity index (χ2v) is 5.71. The van der Waals surface area contributed by atoms with E-state index in [0.717, 1.165) is 37.8 Å². The number of nitrogens with zero attached hydrogens (tertiary/aromatic N) is 1. The summed E-state index contributed by atoms with van der Waals surface area (Å²) in [5.41, 5.74) is 8.84. The molecule has 0 aliphatic carbocycles. The quantitative estimate of drug-likeness (QED) is 0.689. The van der Waals surface area contributed by atoms with Gasteiger partial charge in [0.1, 0.15) is 5.76 Å². The molecule has 2 N–H and O–H groups in total. The highest BCUT2D eigenvalue weighted by atomic mass is 79.9. The Morgan fingerprint density at radius 2 is 2.18 bits per heavy atom. The van der Waals surface area contributed by atoms with E-state index in [9.17, 15) is 0 Å². The van der Waals surface area contributed by atoms with E-state index >= 15 is 0 Å². The van der Waals surface area contributed by atoms with Gasteiger partial charge in [0.25, 0.3) is 0 Å². The van der Waals surface area contributed by atoms with Crippen molar-refractivity contribution in [3.8, 4) is 0 Å². The summed E-state index contributed by atoms with van der Waals surface area (Å²) < 4.78 is 6.13. The third-order valence-electron chi connectivity index (χ3n) is 2.53. The predicted molar refractivity (Wildman–Crippen MR) is 74.1 cm³/mol. The van der Waals surface area contributed by atoms with Gasteiger partial charge in [-0.15, -0.1) is 11.8 Å². The smallest absolute Gasteiger partial charge is 0.137 e. The summed E-state index contributed by atoms with van der Waals surface area (Å²) in [5.74, 6) is 1.71. The van der Waals surface area contributed by atoms with Gasteiger partial charge in [-0.1, -0.05) is 21.1 Å². The minimum Gasteiger partial charge on any atom is -0.398 e. The number of hydrogen-bond acceptors (Lipinski definition) is 4. The fraction of sp³-hybridized carbons (Fsp3) is 0.250. The largest absolute Gasteiger partial charge is 0.398 e. The van der Waals surface area contributed by atoms with Crippen molar-refractivity contribution in [2.24, 2.45) is 0 Å². The van der Waals surface area contributed by atoms with E-state index in [1.807, 2.05) is 32.0 Å². The zero-order valence-electron chi connectivity index (χ0n) is 9.66. The van der Waals surface area contributed by atoms with Gasteiger partial charge in [-0.3, -0.25) is 0 Å². The van der Waals surface area contributed by atoms with Crippen molar-refractivity contribution in [1.82, 2.24) is 5.16 Å². The molecule has 0 unspecified atom stereocenters. The summed E-state index contributed by atoms with van der Waals surface area (Å²) in [6.07, 6.45) is 0. The molecule has 1 aromatic carbocycles. The lowest BCUT2D eigenvalue weighted by Gasteiger charge is -2.05. The van der Waals surface area contributed by atoms with Crippen LogP contribution in [-0.2, 0) is 5.75 Å². The summed E-state index contributed by atoms with van der Waals surface area (Å²) in [7, 11) is 0. The van der Waals surface area contributed by atoms with Crippen LogP contribution in [0.25, 0.3) is 0 Å². The van der Waals surface area contributed by atoms with Gasteiger partial charge in [0.2, 0.25) is 0 Å². The number of nitrogen functional groups attached to an aromatic ring is 1. The summed E-state index contributed by atoms with van der Waals surface area (Å²) in [6, 6.07) is 5.92. The molecule has 3 nitrogen and oxygen atoms in total. The van der Waals surface area contributed by atoms with E-state index in [2.05, 4.69) is 21.1 Å². The van der Waals surface area contributed by atoms with Gasteiger partial charge < -0.3 is 10.3 Å². The van der Waals surface area contributed by atoms with Crippen molar-refractivity contribution in [2.75, 3.05) is 5.73 Å². The molecule has 17 heavy (non-hydrogen) atoms. The number of anilines is 1. The zero-order chi connectivity index (χ0) is 12.4. The lowest BCUT2D eigenvalue weighted by molar-refractivity contribution is 0.392. The first-order valence-corrected chi connectivity index (χ1v) is 6.95. The van der Waals surface area contributed by atoms with Gasteiger partial charge in [0.05, 0.1) is 5.69 Å². The maximum atomic E-state index is 5.95. The molecule has 2 rings (SSSR count). The van der Waals surface area contributed by atoms with E-state index in [0.29, 0.717) is 0 Å². The van der Waals surface area contributed by atoms with Gasteiger partial charge >= 0.3 is 0 Å². The first-order valence-electron chi connectivity index (χ1n) is 5.17. The number of hydrogen-bond donors (Lipinski definition) is 1. The number of nitrogens with two attached hydrogens (primary N) is 1. The maximum absolute atomic E-state index is 5.95. The van der Waals surface area contributed by atoms with Crippen LogP contribution < -0.4 is 5.73 Å². The molecule has 0 radical (unpaired) electrons. The molecule has 0 amide bonds. The number of aryl methyl sites for hydroxylation is 2. The maximum Gasteiger partial charge on any atom is 0.137 e. The fourth-order valence-electron chi connectivity index (χ4n) is 1.51. The fourth-order valence-corrected chi connectivity index (χ4v) is 2.99. The molecule has 0 spiro atoms. The average Bonchev–Trinajstić information content (AvgIpc) is 2.58. The third-order valence-corrected chi connectivity index (χ3v) is 4.13. The SMILES string of the molecule is Cc1noc(C)c1CSc1ccc(Br)cc1N. The Kier molecular flexibility index (Phi) is 3.79. The van der Waals surface area contributed by atoms with E-state index in [-0.39, 0.29) is 0 Å². The number of rotatable bonds is 3. The second kappa shape index (κ2) is 5.14. The van der Waals surface area contributed by atoms with Crippen LogP contribution in [0, 0.1) is 13.8 Å². The Morgan fingerprint density at radius 1 is 1.41 bits per heavy atom. The monoisotopic (exact) mass is 312 g/mol. The van der Waals surface area contributed by atoms with E-state index < -0.39 is 0 Å². The Balaban J connectivity index is 2.13. The van der Waals surface area contributed by atoms with Crippen LogP contribution in [0.2, 0.25) is 0 Å². The molecule has 0 aliphatic heterocycles. The number of thioether (sulfide) groups is 1. The van der Waals surface area contributed by atoms with Crippen LogP contribution in [0.1, 0.15) is 17.0 Å².